The first-order valence-electron chi connectivity index (χ1n) is 9.05. The van der Waals surface area contributed by atoms with Crippen LogP contribution in [0.5, 0.6) is 17.4 Å². The van der Waals surface area contributed by atoms with E-state index in [9.17, 15) is 0 Å². The van der Waals surface area contributed by atoms with Crippen molar-refractivity contribution in [3.63, 3.8) is 0 Å². The molecule has 5 nitrogen and oxygen atoms in total. The van der Waals surface area contributed by atoms with Crippen molar-refractivity contribution in [1.82, 2.24) is 9.97 Å². The summed E-state index contributed by atoms with van der Waals surface area (Å²) >= 11 is 1.44. The van der Waals surface area contributed by atoms with Gasteiger partial charge in [-0.1, -0.05) is 60.7 Å². The van der Waals surface area contributed by atoms with E-state index in [4.69, 9.17) is 9.47 Å². The highest BCUT2D eigenvalue weighted by molar-refractivity contribution is 8.00. The molecule has 0 aliphatic carbocycles. The minimum Gasteiger partial charge on any atom is -0.493 e. The number of anilines is 1. The molecule has 4 rings (SSSR count). The minimum absolute atomic E-state index is 0.430. The SMILES string of the molecule is COc1ccccc1Oc1cc(-c2ccccc2)nc(NSc2ccccc2)n1. The molecule has 4 aromatic rings. The summed E-state index contributed by atoms with van der Waals surface area (Å²) in [4.78, 5) is 10.2. The van der Waals surface area contributed by atoms with Crippen molar-refractivity contribution in [2.75, 3.05) is 11.8 Å². The maximum atomic E-state index is 6.03. The third-order valence-electron chi connectivity index (χ3n) is 4.06. The third-order valence-corrected chi connectivity index (χ3v) is 4.85. The quantitative estimate of drug-likeness (QED) is 0.380. The van der Waals surface area contributed by atoms with Crippen LogP contribution in [0.25, 0.3) is 11.3 Å². The normalized spacial score (nSPS) is 10.4. The Hall–Kier alpha value is -3.51. The Bertz CT molecular complexity index is 1080. The Labute approximate surface area is 173 Å². The zero-order chi connectivity index (χ0) is 19.9. The molecule has 0 amide bonds. The molecule has 1 aromatic heterocycles. The molecule has 0 fully saturated rings. The van der Waals surface area contributed by atoms with E-state index in [0.717, 1.165) is 16.2 Å². The molecule has 1 N–H and O–H groups in total. The number of nitrogens with zero attached hydrogens (tertiary/aromatic N) is 2. The Kier molecular flexibility index (Phi) is 5.92. The van der Waals surface area contributed by atoms with Crippen LogP contribution in [0.2, 0.25) is 0 Å². The van der Waals surface area contributed by atoms with Gasteiger partial charge in [-0.3, -0.25) is 4.72 Å². The fourth-order valence-electron chi connectivity index (χ4n) is 2.69. The lowest BCUT2D eigenvalue weighted by Crippen LogP contribution is -1.99. The summed E-state index contributed by atoms with van der Waals surface area (Å²) < 4.78 is 14.6. The summed E-state index contributed by atoms with van der Waals surface area (Å²) in [5.41, 5.74) is 1.74. The number of methoxy groups -OCH3 is 1. The number of hydrogen-bond donors (Lipinski definition) is 1. The molecule has 0 saturated heterocycles. The summed E-state index contributed by atoms with van der Waals surface area (Å²) in [5.74, 6) is 2.12. The van der Waals surface area contributed by atoms with E-state index >= 15 is 0 Å². The smallest absolute Gasteiger partial charge is 0.237 e. The summed E-state index contributed by atoms with van der Waals surface area (Å²) in [5, 5.41) is 0. The van der Waals surface area contributed by atoms with Gasteiger partial charge in [0, 0.05) is 16.5 Å². The first-order chi connectivity index (χ1) is 14.3. The van der Waals surface area contributed by atoms with Crippen molar-refractivity contribution in [3.8, 4) is 28.6 Å². The van der Waals surface area contributed by atoms with Crippen LogP contribution in [0.4, 0.5) is 5.95 Å². The average molecular weight is 401 g/mol. The first-order valence-corrected chi connectivity index (χ1v) is 9.87. The van der Waals surface area contributed by atoms with Crippen molar-refractivity contribution in [2.45, 2.75) is 4.90 Å². The van der Waals surface area contributed by atoms with Crippen molar-refractivity contribution < 1.29 is 9.47 Å². The highest BCUT2D eigenvalue weighted by Crippen LogP contribution is 2.32. The molecule has 3 aromatic carbocycles. The second-order valence-corrected chi connectivity index (χ2v) is 6.93. The Morgan fingerprint density at radius 1 is 0.759 bits per heavy atom. The third kappa shape index (κ3) is 4.86. The minimum atomic E-state index is 0.430. The Morgan fingerprint density at radius 2 is 1.41 bits per heavy atom. The molecule has 0 aliphatic heterocycles. The van der Waals surface area contributed by atoms with Crippen LogP contribution in [0, 0.1) is 0 Å². The molecule has 0 atom stereocenters. The van der Waals surface area contributed by atoms with Gasteiger partial charge in [0.25, 0.3) is 0 Å². The van der Waals surface area contributed by atoms with Gasteiger partial charge in [0.1, 0.15) is 0 Å². The lowest BCUT2D eigenvalue weighted by molar-refractivity contribution is 0.374. The van der Waals surface area contributed by atoms with Gasteiger partial charge in [0.15, 0.2) is 11.5 Å². The summed E-state index contributed by atoms with van der Waals surface area (Å²) in [6.07, 6.45) is 0. The molecule has 29 heavy (non-hydrogen) atoms. The maximum absolute atomic E-state index is 6.03. The fraction of sp³-hybridized carbons (Fsp3) is 0.0435. The van der Waals surface area contributed by atoms with Crippen LogP contribution in [0.15, 0.2) is 95.9 Å². The molecular weight excluding hydrogens is 382 g/mol. The van der Waals surface area contributed by atoms with Crippen LogP contribution in [-0.4, -0.2) is 17.1 Å². The van der Waals surface area contributed by atoms with E-state index in [1.807, 2.05) is 91.0 Å². The van der Waals surface area contributed by atoms with Crippen LogP contribution in [0.1, 0.15) is 0 Å². The van der Waals surface area contributed by atoms with Gasteiger partial charge in [-0.2, -0.15) is 4.98 Å². The topological polar surface area (TPSA) is 56.3 Å². The molecule has 0 radical (unpaired) electrons. The number of hydrogen-bond acceptors (Lipinski definition) is 6. The molecule has 6 heteroatoms. The molecule has 0 unspecified atom stereocenters. The largest absolute Gasteiger partial charge is 0.493 e. The summed E-state index contributed by atoms with van der Waals surface area (Å²) in [6, 6.07) is 29.2. The Balaban J connectivity index is 1.66. The van der Waals surface area contributed by atoms with E-state index in [0.29, 0.717) is 23.3 Å². The molecule has 0 saturated carbocycles. The van der Waals surface area contributed by atoms with E-state index in [-0.39, 0.29) is 0 Å². The lowest BCUT2D eigenvalue weighted by atomic mass is 10.1. The Morgan fingerprint density at radius 3 is 2.14 bits per heavy atom. The van der Waals surface area contributed by atoms with Gasteiger partial charge in [-0.05, 0) is 36.2 Å². The van der Waals surface area contributed by atoms with Crippen molar-refractivity contribution in [2.24, 2.45) is 0 Å². The van der Waals surface area contributed by atoms with Gasteiger partial charge >= 0.3 is 0 Å². The van der Waals surface area contributed by atoms with E-state index in [2.05, 4.69) is 14.7 Å². The first kappa shape index (κ1) is 18.8. The molecule has 1 heterocycles. The van der Waals surface area contributed by atoms with Crippen LogP contribution >= 0.6 is 11.9 Å². The molecule has 0 bridgehead atoms. The zero-order valence-corrected chi connectivity index (χ0v) is 16.6. The van der Waals surface area contributed by atoms with Crippen molar-refractivity contribution in [1.29, 1.82) is 0 Å². The number of ether oxygens (including phenoxy) is 2. The highest BCUT2D eigenvalue weighted by atomic mass is 32.2. The second-order valence-electron chi connectivity index (χ2n) is 6.05. The lowest BCUT2D eigenvalue weighted by Gasteiger charge is -2.12. The van der Waals surface area contributed by atoms with Crippen LogP contribution in [0.3, 0.4) is 0 Å². The number of para-hydroxylation sites is 2. The van der Waals surface area contributed by atoms with Crippen LogP contribution in [-0.2, 0) is 0 Å². The van der Waals surface area contributed by atoms with Crippen LogP contribution < -0.4 is 14.2 Å². The fourth-order valence-corrected chi connectivity index (χ4v) is 3.28. The molecule has 0 aliphatic rings. The number of aromatic nitrogens is 2. The summed E-state index contributed by atoms with van der Waals surface area (Å²) in [6.45, 7) is 0. The van der Waals surface area contributed by atoms with Crippen molar-refractivity contribution >= 4 is 17.9 Å². The van der Waals surface area contributed by atoms with E-state index in [1.54, 1.807) is 7.11 Å². The molecule has 0 spiro atoms. The number of rotatable bonds is 7. The van der Waals surface area contributed by atoms with Gasteiger partial charge < -0.3 is 9.47 Å². The van der Waals surface area contributed by atoms with Gasteiger partial charge in [0.05, 0.1) is 12.8 Å². The monoisotopic (exact) mass is 401 g/mol. The summed E-state index contributed by atoms with van der Waals surface area (Å²) in [7, 11) is 1.61. The predicted octanol–water partition coefficient (Wildman–Crippen LogP) is 6.06. The van der Waals surface area contributed by atoms with E-state index < -0.39 is 0 Å². The van der Waals surface area contributed by atoms with E-state index in [1.165, 1.54) is 11.9 Å². The van der Waals surface area contributed by atoms with Gasteiger partial charge in [-0.25, -0.2) is 4.98 Å². The average Bonchev–Trinajstić information content (AvgIpc) is 2.79. The van der Waals surface area contributed by atoms with Gasteiger partial charge in [0.2, 0.25) is 11.8 Å². The van der Waals surface area contributed by atoms with Crippen molar-refractivity contribution in [3.05, 3.63) is 91.0 Å². The highest BCUT2D eigenvalue weighted by Gasteiger charge is 2.11. The van der Waals surface area contributed by atoms with Gasteiger partial charge in [-0.15, -0.1) is 0 Å². The second kappa shape index (κ2) is 9.12. The predicted molar refractivity (Wildman–Crippen MR) is 116 cm³/mol. The molecular formula is C23H19N3O2S. The standard InChI is InChI=1S/C23H19N3O2S/c1-27-20-14-8-9-15-21(20)28-22-16-19(17-10-4-2-5-11-17)24-23(25-22)26-29-18-12-6-3-7-13-18/h2-16H,1H3,(H,24,25,26). The maximum Gasteiger partial charge on any atom is 0.237 e. The zero-order valence-electron chi connectivity index (χ0n) is 15.8. The number of benzene rings is 3. The molecule has 144 valence electrons. The number of nitrogens with one attached hydrogen (secondary N) is 1.